The van der Waals surface area contributed by atoms with Crippen molar-refractivity contribution in [1.29, 1.82) is 0 Å². The van der Waals surface area contributed by atoms with E-state index < -0.39 is 11.4 Å². The Morgan fingerprint density at radius 2 is 2.05 bits per heavy atom. The van der Waals surface area contributed by atoms with Crippen molar-refractivity contribution in [3.05, 3.63) is 0 Å². The molecule has 1 rings (SSSR count). The maximum atomic E-state index is 12.5. The molecule has 0 aromatic carbocycles. The number of methoxy groups -OCH3 is 1. The number of carbonyl (C=O) groups excluding carboxylic acids is 1. The number of rotatable bonds is 8. The maximum Gasteiger partial charge on any atom is 0.303 e. The van der Waals surface area contributed by atoms with Gasteiger partial charge >= 0.3 is 5.97 Å². The van der Waals surface area contributed by atoms with Crippen molar-refractivity contribution in [3.8, 4) is 0 Å². The summed E-state index contributed by atoms with van der Waals surface area (Å²) in [5.74, 6) is -0.763. The Bertz CT molecular complexity index is 322. The molecule has 1 fully saturated rings. The van der Waals surface area contributed by atoms with E-state index in [-0.39, 0.29) is 18.4 Å². The van der Waals surface area contributed by atoms with Crippen LogP contribution in [-0.4, -0.2) is 49.8 Å². The summed E-state index contributed by atoms with van der Waals surface area (Å²) in [5, 5.41) is 14.9. The smallest absolute Gasteiger partial charge is 0.303 e. The van der Waals surface area contributed by atoms with Gasteiger partial charge in [-0.05, 0) is 45.7 Å². The molecule has 0 aromatic rings. The lowest BCUT2D eigenvalue weighted by atomic mass is 9.78. The number of carboxylic acid groups (broad SMARTS) is 1. The molecule has 1 aliphatic heterocycles. The first kappa shape index (κ1) is 16.9. The average Bonchev–Trinajstić information content (AvgIpc) is 2.39. The van der Waals surface area contributed by atoms with E-state index in [1.807, 2.05) is 6.92 Å². The zero-order valence-electron chi connectivity index (χ0n) is 12.4. The first-order valence-corrected chi connectivity index (χ1v) is 7.22. The fourth-order valence-electron chi connectivity index (χ4n) is 2.63. The third-order valence-electron chi connectivity index (χ3n) is 3.87. The first-order chi connectivity index (χ1) is 9.50. The van der Waals surface area contributed by atoms with Crippen LogP contribution in [0, 0.1) is 5.41 Å². The van der Waals surface area contributed by atoms with Gasteiger partial charge in [0.05, 0.1) is 12.0 Å². The number of hydrogen-bond acceptors (Lipinski definition) is 4. The van der Waals surface area contributed by atoms with Gasteiger partial charge in [-0.1, -0.05) is 0 Å². The Morgan fingerprint density at radius 1 is 1.40 bits per heavy atom. The third kappa shape index (κ3) is 5.09. The number of hydrogen-bond donors (Lipinski definition) is 3. The van der Waals surface area contributed by atoms with Gasteiger partial charge in [-0.3, -0.25) is 9.59 Å². The van der Waals surface area contributed by atoms with Crippen LogP contribution in [0.2, 0.25) is 0 Å². The molecule has 1 aliphatic rings. The van der Waals surface area contributed by atoms with Crippen molar-refractivity contribution in [2.24, 2.45) is 5.41 Å². The van der Waals surface area contributed by atoms with Crippen LogP contribution in [0.25, 0.3) is 0 Å². The Morgan fingerprint density at radius 3 is 2.60 bits per heavy atom. The second-order valence-corrected chi connectivity index (χ2v) is 5.62. The molecule has 116 valence electrons. The summed E-state index contributed by atoms with van der Waals surface area (Å²) in [4.78, 5) is 23.0. The van der Waals surface area contributed by atoms with E-state index in [1.165, 1.54) is 0 Å². The minimum Gasteiger partial charge on any atom is -0.481 e. The lowest BCUT2D eigenvalue weighted by molar-refractivity contribution is -0.137. The minimum atomic E-state index is -0.794. The predicted molar refractivity (Wildman–Crippen MR) is 75.5 cm³/mol. The SMILES string of the molecule is COCC1(C(=O)NC(C)CCCC(=O)O)CCNCC1. The number of ether oxygens (including phenoxy) is 1. The summed E-state index contributed by atoms with van der Waals surface area (Å²) in [6.45, 7) is 4.00. The number of carbonyl (C=O) groups is 2. The van der Waals surface area contributed by atoms with Crippen LogP contribution in [0.3, 0.4) is 0 Å². The Kier molecular flexibility index (Phi) is 6.95. The Hall–Kier alpha value is -1.14. The summed E-state index contributed by atoms with van der Waals surface area (Å²) >= 11 is 0. The van der Waals surface area contributed by atoms with E-state index >= 15 is 0 Å². The number of amides is 1. The van der Waals surface area contributed by atoms with Crippen LogP contribution in [0.5, 0.6) is 0 Å². The van der Waals surface area contributed by atoms with Crippen LogP contribution in [0.15, 0.2) is 0 Å². The van der Waals surface area contributed by atoms with Gasteiger partial charge in [-0.2, -0.15) is 0 Å². The molecule has 1 amide bonds. The van der Waals surface area contributed by atoms with E-state index in [0.717, 1.165) is 25.9 Å². The largest absolute Gasteiger partial charge is 0.481 e. The second-order valence-electron chi connectivity index (χ2n) is 5.62. The third-order valence-corrected chi connectivity index (χ3v) is 3.87. The summed E-state index contributed by atoms with van der Waals surface area (Å²) in [6.07, 6.45) is 2.95. The van der Waals surface area contributed by atoms with E-state index in [1.54, 1.807) is 7.11 Å². The van der Waals surface area contributed by atoms with Crippen molar-refractivity contribution in [2.75, 3.05) is 26.8 Å². The van der Waals surface area contributed by atoms with Crippen molar-refractivity contribution in [2.45, 2.75) is 45.1 Å². The van der Waals surface area contributed by atoms with Crippen LogP contribution >= 0.6 is 0 Å². The van der Waals surface area contributed by atoms with Crippen LogP contribution in [-0.2, 0) is 14.3 Å². The van der Waals surface area contributed by atoms with Gasteiger partial charge in [0, 0.05) is 19.6 Å². The van der Waals surface area contributed by atoms with Gasteiger partial charge in [0.2, 0.25) is 5.91 Å². The molecule has 1 unspecified atom stereocenters. The Balaban J connectivity index is 2.46. The minimum absolute atomic E-state index is 0.00883. The fourth-order valence-corrected chi connectivity index (χ4v) is 2.63. The van der Waals surface area contributed by atoms with Gasteiger partial charge < -0.3 is 20.5 Å². The predicted octanol–water partition coefficient (Wildman–Crippen LogP) is 0.762. The van der Waals surface area contributed by atoms with E-state index in [0.29, 0.717) is 19.4 Å². The lowest BCUT2D eigenvalue weighted by Crippen LogP contribution is -2.52. The molecule has 0 aromatic heterocycles. The van der Waals surface area contributed by atoms with Gasteiger partial charge in [-0.25, -0.2) is 0 Å². The normalized spacial score (nSPS) is 19.3. The van der Waals surface area contributed by atoms with Crippen molar-refractivity contribution in [1.82, 2.24) is 10.6 Å². The molecule has 1 saturated heterocycles. The number of aliphatic carboxylic acids is 1. The van der Waals surface area contributed by atoms with Crippen LogP contribution in [0.1, 0.15) is 39.0 Å². The van der Waals surface area contributed by atoms with Crippen LogP contribution < -0.4 is 10.6 Å². The van der Waals surface area contributed by atoms with Gasteiger partial charge in [-0.15, -0.1) is 0 Å². The Labute approximate surface area is 120 Å². The summed E-state index contributed by atoms with van der Waals surface area (Å²) < 4.78 is 5.23. The highest BCUT2D eigenvalue weighted by molar-refractivity contribution is 5.83. The first-order valence-electron chi connectivity index (χ1n) is 7.22. The molecule has 0 radical (unpaired) electrons. The van der Waals surface area contributed by atoms with Crippen LogP contribution in [0.4, 0.5) is 0 Å². The number of piperidine rings is 1. The van der Waals surface area contributed by atoms with Gasteiger partial charge in [0.25, 0.3) is 0 Å². The second kappa shape index (κ2) is 8.21. The molecule has 6 heteroatoms. The zero-order valence-corrected chi connectivity index (χ0v) is 12.4. The molecule has 0 bridgehead atoms. The lowest BCUT2D eigenvalue weighted by Gasteiger charge is -2.36. The molecule has 0 aliphatic carbocycles. The summed E-state index contributed by atoms with van der Waals surface area (Å²) in [5.41, 5.74) is -0.443. The van der Waals surface area contributed by atoms with Gasteiger partial charge in [0.1, 0.15) is 0 Å². The number of carboxylic acids is 1. The van der Waals surface area contributed by atoms with E-state index in [4.69, 9.17) is 9.84 Å². The molecule has 20 heavy (non-hydrogen) atoms. The summed E-state index contributed by atoms with van der Waals surface area (Å²) in [6, 6.07) is -0.00883. The molecular formula is C14H26N2O4. The molecular weight excluding hydrogens is 260 g/mol. The number of nitrogens with one attached hydrogen (secondary N) is 2. The monoisotopic (exact) mass is 286 g/mol. The molecule has 0 spiro atoms. The highest BCUT2D eigenvalue weighted by Crippen LogP contribution is 2.29. The van der Waals surface area contributed by atoms with Gasteiger partial charge in [0.15, 0.2) is 0 Å². The quantitative estimate of drug-likeness (QED) is 0.613. The van der Waals surface area contributed by atoms with Crippen molar-refractivity contribution >= 4 is 11.9 Å². The topological polar surface area (TPSA) is 87.7 Å². The highest BCUT2D eigenvalue weighted by Gasteiger charge is 2.39. The average molecular weight is 286 g/mol. The van der Waals surface area contributed by atoms with Crippen molar-refractivity contribution in [3.63, 3.8) is 0 Å². The standard InChI is InChI=1S/C14H26N2O4/c1-11(4-3-5-12(17)18)16-13(19)14(10-20-2)6-8-15-9-7-14/h11,15H,3-10H2,1-2H3,(H,16,19)(H,17,18). The summed E-state index contributed by atoms with van der Waals surface area (Å²) in [7, 11) is 1.62. The molecule has 1 atom stereocenters. The molecule has 0 saturated carbocycles. The molecule has 3 N–H and O–H groups in total. The van der Waals surface area contributed by atoms with Crippen molar-refractivity contribution < 1.29 is 19.4 Å². The fraction of sp³-hybridized carbons (Fsp3) is 0.857. The molecule has 6 nitrogen and oxygen atoms in total. The van der Waals surface area contributed by atoms with E-state index in [9.17, 15) is 9.59 Å². The highest BCUT2D eigenvalue weighted by atomic mass is 16.5. The molecule has 1 heterocycles. The zero-order chi connectivity index (χ0) is 15.0. The maximum absolute atomic E-state index is 12.5. The van der Waals surface area contributed by atoms with E-state index in [2.05, 4.69) is 10.6 Å².